The van der Waals surface area contributed by atoms with Crippen LogP contribution in [0.3, 0.4) is 0 Å². The van der Waals surface area contributed by atoms with Crippen molar-refractivity contribution in [1.29, 1.82) is 0 Å². The van der Waals surface area contributed by atoms with Crippen LogP contribution in [0.15, 0.2) is 29.2 Å². The van der Waals surface area contributed by atoms with Gasteiger partial charge in [-0.25, -0.2) is 13.2 Å². The lowest BCUT2D eigenvalue weighted by molar-refractivity contribution is 0.0696. The SMILES string of the molecule is CCCN(CCS(=O)(=O)c1ccc(C(=O)O)cc1)C1CC1. The normalized spacial score (nSPS) is 15.3. The van der Waals surface area contributed by atoms with Crippen LogP contribution in [0.5, 0.6) is 0 Å². The molecule has 0 saturated heterocycles. The number of hydrogen-bond donors (Lipinski definition) is 1. The molecule has 0 radical (unpaired) electrons. The number of rotatable bonds is 8. The van der Waals surface area contributed by atoms with Gasteiger partial charge in [-0.05, 0) is 50.1 Å². The summed E-state index contributed by atoms with van der Waals surface area (Å²) >= 11 is 0. The second kappa shape index (κ2) is 6.58. The molecular formula is C15H21NO4S. The van der Waals surface area contributed by atoms with Gasteiger partial charge in [0, 0.05) is 12.6 Å². The van der Waals surface area contributed by atoms with E-state index in [4.69, 9.17) is 5.11 Å². The first-order valence-corrected chi connectivity index (χ1v) is 8.89. The average Bonchev–Trinajstić information content (AvgIpc) is 3.28. The van der Waals surface area contributed by atoms with Crippen LogP contribution in [0.1, 0.15) is 36.5 Å². The smallest absolute Gasteiger partial charge is 0.335 e. The number of nitrogens with zero attached hydrogens (tertiary/aromatic N) is 1. The van der Waals surface area contributed by atoms with Crippen LogP contribution >= 0.6 is 0 Å². The fourth-order valence-corrected chi connectivity index (χ4v) is 3.63. The molecular weight excluding hydrogens is 290 g/mol. The maximum absolute atomic E-state index is 12.3. The molecule has 0 spiro atoms. The van der Waals surface area contributed by atoms with Crippen molar-refractivity contribution in [3.05, 3.63) is 29.8 Å². The Morgan fingerprint density at radius 2 is 1.86 bits per heavy atom. The summed E-state index contributed by atoms with van der Waals surface area (Å²) in [6.45, 7) is 3.56. The van der Waals surface area contributed by atoms with E-state index in [0.29, 0.717) is 12.6 Å². The number of benzene rings is 1. The monoisotopic (exact) mass is 311 g/mol. The third-order valence-electron chi connectivity index (χ3n) is 3.68. The quantitative estimate of drug-likeness (QED) is 0.795. The minimum Gasteiger partial charge on any atom is -0.478 e. The Balaban J connectivity index is 2.01. The molecule has 1 aliphatic carbocycles. The van der Waals surface area contributed by atoms with Crippen molar-refractivity contribution >= 4 is 15.8 Å². The fraction of sp³-hybridized carbons (Fsp3) is 0.533. The van der Waals surface area contributed by atoms with Crippen molar-refractivity contribution in [1.82, 2.24) is 4.90 Å². The van der Waals surface area contributed by atoms with Gasteiger partial charge in [0.25, 0.3) is 0 Å². The van der Waals surface area contributed by atoms with E-state index in [0.717, 1.165) is 25.8 Å². The minimum atomic E-state index is -3.36. The summed E-state index contributed by atoms with van der Waals surface area (Å²) in [5, 5.41) is 8.83. The van der Waals surface area contributed by atoms with E-state index < -0.39 is 15.8 Å². The molecule has 21 heavy (non-hydrogen) atoms. The molecule has 0 amide bonds. The van der Waals surface area contributed by atoms with Crippen LogP contribution in [0.2, 0.25) is 0 Å². The number of sulfone groups is 1. The molecule has 5 nitrogen and oxygen atoms in total. The summed E-state index contributed by atoms with van der Waals surface area (Å²) in [6.07, 6.45) is 3.34. The number of carboxylic acid groups (broad SMARTS) is 1. The van der Waals surface area contributed by atoms with E-state index in [1.807, 2.05) is 0 Å². The van der Waals surface area contributed by atoms with Crippen LogP contribution in [0.4, 0.5) is 0 Å². The highest BCUT2D eigenvalue weighted by molar-refractivity contribution is 7.91. The second-order valence-corrected chi connectivity index (χ2v) is 7.52. The zero-order valence-corrected chi connectivity index (χ0v) is 13.0. The molecule has 0 atom stereocenters. The van der Waals surface area contributed by atoms with E-state index in [1.165, 1.54) is 24.3 Å². The van der Waals surface area contributed by atoms with Crippen molar-refractivity contribution in [2.75, 3.05) is 18.8 Å². The molecule has 1 aromatic carbocycles. The third-order valence-corrected chi connectivity index (χ3v) is 5.39. The zero-order chi connectivity index (χ0) is 15.5. The van der Waals surface area contributed by atoms with E-state index in [-0.39, 0.29) is 16.2 Å². The van der Waals surface area contributed by atoms with E-state index >= 15 is 0 Å². The standard InChI is InChI=1S/C15H21NO4S/c1-2-9-16(13-5-6-13)10-11-21(19,20)14-7-3-12(4-8-14)15(17)18/h3-4,7-8,13H,2,5-6,9-11H2,1H3,(H,17,18). The maximum Gasteiger partial charge on any atom is 0.335 e. The van der Waals surface area contributed by atoms with Crippen molar-refractivity contribution < 1.29 is 18.3 Å². The number of carbonyl (C=O) groups is 1. The molecule has 1 saturated carbocycles. The topological polar surface area (TPSA) is 74.7 Å². The molecule has 2 rings (SSSR count). The summed E-state index contributed by atoms with van der Waals surface area (Å²) < 4.78 is 24.6. The van der Waals surface area contributed by atoms with Gasteiger partial charge in [-0.3, -0.25) is 4.90 Å². The Bertz CT molecular complexity index is 591. The lowest BCUT2D eigenvalue weighted by Gasteiger charge is -2.20. The Morgan fingerprint density at radius 3 is 2.33 bits per heavy atom. The van der Waals surface area contributed by atoms with Crippen LogP contribution in [0.25, 0.3) is 0 Å². The van der Waals surface area contributed by atoms with E-state index in [9.17, 15) is 13.2 Å². The summed E-state index contributed by atoms with van der Waals surface area (Å²) in [7, 11) is -3.36. The molecule has 1 aliphatic rings. The van der Waals surface area contributed by atoms with Crippen LogP contribution in [-0.4, -0.2) is 49.3 Å². The lowest BCUT2D eigenvalue weighted by Crippen LogP contribution is -2.32. The van der Waals surface area contributed by atoms with Gasteiger partial charge < -0.3 is 5.11 Å². The molecule has 0 heterocycles. The predicted molar refractivity (Wildman–Crippen MR) is 80.3 cm³/mol. The summed E-state index contributed by atoms with van der Waals surface area (Å²) in [5.41, 5.74) is 0.0968. The average molecular weight is 311 g/mol. The molecule has 0 aromatic heterocycles. The van der Waals surface area contributed by atoms with Gasteiger partial charge in [0.15, 0.2) is 9.84 Å². The highest BCUT2D eigenvalue weighted by atomic mass is 32.2. The number of aromatic carboxylic acids is 1. The molecule has 0 bridgehead atoms. The number of carboxylic acids is 1. The summed E-state index contributed by atoms with van der Waals surface area (Å²) in [6, 6.07) is 5.97. The van der Waals surface area contributed by atoms with Gasteiger partial charge in [-0.2, -0.15) is 0 Å². The summed E-state index contributed by atoms with van der Waals surface area (Å²) in [5.74, 6) is -0.975. The van der Waals surface area contributed by atoms with Gasteiger partial charge in [-0.1, -0.05) is 6.92 Å². The molecule has 1 N–H and O–H groups in total. The molecule has 116 valence electrons. The van der Waals surface area contributed by atoms with Crippen LogP contribution in [-0.2, 0) is 9.84 Å². The first-order valence-electron chi connectivity index (χ1n) is 7.24. The summed E-state index contributed by atoms with van der Waals surface area (Å²) in [4.78, 5) is 13.2. The van der Waals surface area contributed by atoms with Crippen molar-refractivity contribution in [2.24, 2.45) is 0 Å². The van der Waals surface area contributed by atoms with Crippen LogP contribution in [0, 0.1) is 0 Å². The predicted octanol–water partition coefficient (Wildman–Crippen LogP) is 2.03. The minimum absolute atomic E-state index is 0.0793. The second-order valence-electron chi connectivity index (χ2n) is 5.42. The van der Waals surface area contributed by atoms with Crippen molar-refractivity contribution in [2.45, 2.75) is 37.1 Å². The lowest BCUT2D eigenvalue weighted by atomic mass is 10.2. The van der Waals surface area contributed by atoms with Crippen molar-refractivity contribution in [3.63, 3.8) is 0 Å². The Hall–Kier alpha value is -1.40. The van der Waals surface area contributed by atoms with Gasteiger partial charge >= 0.3 is 5.97 Å². The van der Waals surface area contributed by atoms with Gasteiger partial charge in [0.05, 0.1) is 16.2 Å². The van der Waals surface area contributed by atoms with E-state index in [1.54, 1.807) is 0 Å². The zero-order valence-electron chi connectivity index (χ0n) is 12.2. The largest absolute Gasteiger partial charge is 0.478 e. The Morgan fingerprint density at radius 1 is 1.24 bits per heavy atom. The molecule has 6 heteroatoms. The highest BCUT2D eigenvalue weighted by Crippen LogP contribution is 2.27. The van der Waals surface area contributed by atoms with Gasteiger partial charge in [0.2, 0.25) is 0 Å². The maximum atomic E-state index is 12.3. The van der Waals surface area contributed by atoms with Crippen LogP contribution < -0.4 is 0 Å². The number of hydrogen-bond acceptors (Lipinski definition) is 4. The molecule has 1 aromatic rings. The molecule has 1 fully saturated rings. The molecule has 0 unspecified atom stereocenters. The van der Waals surface area contributed by atoms with E-state index in [2.05, 4.69) is 11.8 Å². The third kappa shape index (κ3) is 4.28. The van der Waals surface area contributed by atoms with Gasteiger partial charge in [0.1, 0.15) is 0 Å². The Labute approximate surface area is 125 Å². The molecule has 0 aliphatic heterocycles. The first-order chi connectivity index (χ1) is 9.94. The Kier molecular flexibility index (Phi) is 5.00. The van der Waals surface area contributed by atoms with Gasteiger partial charge in [-0.15, -0.1) is 0 Å². The van der Waals surface area contributed by atoms with Crippen molar-refractivity contribution in [3.8, 4) is 0 Å². The first kappa shape index (κ1) is 16.0. The highest BCUT2D eigenvalue weighted by Gasteiger charge is 2.29. The fourth-order valence-electron chi connectivity index (χ4n) is 2.36.